The second kappa shape index (κ2) is 5.66. The van der Waals surface area contributed by atoms with Gasteiger partial charge in [0.05, 0.1) is 24.2 Å². The van der Waals surface area contributed by atoms with Gasteiger partial charge in [-0.15, -0.1) is 0 Å². The Morgan fingerprint density at radius 1 is 1.22 bits per heavy atom. The van der Waals surface area contributed by atoms with Gasteiger partial charge in [-0.05, 0) is 32.9 Å². The van der Waals surface area contributed by atoms with Crippen molar-refractivity contribution in [3.8, 4) is 5.69 Å². The van der Waals surface area contributed by atoms with Gasteiger partial charge in [0.2, 0.25) is 0 Å². The second-order valence-corrected chi connectivity index (χ2v) is 5.96. The van der Waals surface area contributed by atoms with Crippen LogP contribution in [0, 0.1) is 6.92 Å². The van der Waals surface area contributed by atoms with E-state index in [0.717, 1.165) is 5.69 Å². The third kappa shape index (κ3) is 2.57. The molecule has 1 amide bonds. The summed E-state index contributed by atoms with van der Waals surface area (Å²) in [6, 6.07) is 3.02. The fraction of sp³-hybridized carbons (Fsp3) is 0.438. The molecule has 122 valence electrons. The minimum Gasteiger partial charge on any atom is -0.391 e. The normalized spacial score (nSPS) is 17.0. The molecule has 7 nitrogen and oxygen atoms in total. The maximum absolute atomic E-state index is 12.7. The van der Waals surface area contributed by atoms with E-state index in [2.05, 4.69) is 4.98 Å². The van der Waals surface area contributed by atoms with Crippen LogP contribution >= 0.6 is 0 Å². The summed E-state index contributed by atoms with van der Waals surface area (Å²) in [5, 5.41) is 9.72. The highest BCUT2D eigenvalue weighted by Gasteiger charge is 2.30. The third-order valence-corrected chi connectivity index (χ3v) is 4.38. The van der Waals surface area contributed by atoms with Crippen molar-refractivity contribution in [1.29, 1.82) is 0 Å². The van der Waals surface area contributed by atoms with Crippen molar-refractivity contribution in [3.05, 3.63) is 46.4 Å². The molecule has 3 heterocycles. The summed E-state index contributed by atoms with van der Waals surface area (Å²) in [5.74, 6) is -0.227. The van der Waals surface area contributed by atoms with Gasteiger partial charge in [0.25, 0.3) is 11.5 Å². The Morgan fingerprint density at radius 3 is 2.57 bits per heavy atom. The first-order valence-corrected chi connectivity index (χ1v) is 7.64. The van der Waals surface area contributed by atoms with Gasteiger partial charge >= 0.3 is 0 Å². The number of hydrogen-bond donors (Lipinski definition) is 1. The predicted octanol–water partition coefficient (Wildman–Crippen LogP) is 0.568. The van der Waals surface area contributed by atoms with E-state index in [-0.39, 0.29) is 17.5 Å². The first-order valence-electron chi connectivity index (χ1n) is 7.64. The largest absolute Gasteiger partial charge is 0.391 e. The standard InChI is InChI=1S/C16H20N4O3/c1-10-8-18(9-17-10)13-4-5-14-16(23)19(11(2)12(3)21)6-7-20(14)15(13)22/h4-5,8-9,11-12,21H,6-7H2,1-3H3/t11-,12+/m1/s1. The van der Waals surface area contributed by atoms with E-state index in [1.165, 1.54) is 4.57 Å². The number of aliphatic hydroxyl groups is 1. The van der Waals surface area contributed by atoms with Crippen LogP contribution in [-0.4, -0.2) is 48.7 Å². The zero-order valence-electron chi connectivity index (χ0n) is 13.4. The predicted molar refractivity (Wildman–Crippen MR) is 84.7 cm³/mol. The molecule has 7 heteroatoms. The molecule has 0 aromatic carbocycles. The second-order valence-electron chi connectivity index (χ2n) is 5.96. The number of carbonyl (C=O) groups excluding carboxylic acids is 1. The first-order chi connectivity index (χ1) is 10.9. The van der Waals surface area contributed by atoms with Crippen LogP contribution in [0.1, 0.15) is 30.0 Å². The summed E-state index contributed by atoms with van der Waals surface area (Å²) in [6.07, 6.45) is 2.74. The minimum absolute atomic E-state index is 0.211. The highest BCUT2D eigenvalue weighted by atomic mass is 16.3. The minimum atomic E-state index is -0.620. The summed E-state index contributed by atoms with van der Waals surface area (Å²) in [4.78, 5) is 31.0. The number of imidazole rings is 1. The van der Waals surface area contributed by atoms with E-state index in [0.29, 0.717) is 24.5 Å². The lowest BCUT2D eigenvalue weighted by molar-refractivity contribution is 0.0390. The zero-order valence-corrected chi connectivity index (χ0v) is 13.4. The fourth-order valence-corrected chi connectivity index (χ4v) is 2.83. The van der Waals surface area contributed by atoms with Crippen molar-refractivity contribution >= 4 is 5.91 Å². The quantitative estimate of drug-likeness (QED) is 0.897. The van der Waals surface area contributed by atoms with E-state index in [1.54, 1.807) is 48.0 Å². The van der Waals surface area contributed by atoms with Gasteiger partial charge in [-0.25, -0.2) is 4.98 Å². The van der Waals surface area contributed by atoms with E-state index < -0.39 is 6.10 Å². The molecule has 0 fully saturated rings. The molecule has 0 saturated carbocycles. The van der Waals surface area contributed by atoms with Crippen molar-refractivity contribution in [2.24, 2.45) is 0 Å². The Labute approximate surface area is 133 Å². The lowest BCUT2D eigenvalue weighted by Gasteiger charge is -2.35. The van der Waals surface area contributed by atoms with Gasteiger partial charge in [-0.3, -0.25) is 9.59 Å². The van der Waals surface area contributed by atoms with E-state index in [9.17, 15) is 14.7 Å². The molecular formula is C16H20N4O3. The summed E-state index contributed by atoms with van der Waals surface area (Å²) in [7, 11) is 0. The number of fused-ring (bicyclic) bond motifs is 1. The summed E-state index contributed by atoms with van der Waals surface area (Å²) >= 11 is 0. The monoisotopic (exact) mass is 316 g/mol. The average Bonchev–Trinajstić information content (AvgIpc) is 2.94. The van der Waals surface area contributed by atoms with Crippen molar-refractivity contribution in [2.75, 3.05) is 6.54 Å². The number of aryl methyl sites for hydroxylation is 1. The number of aromatic nitrogens is 3. The highest BCUT2D eigenvalue weighted by Crippen LogP contribution is 2.16. The smallest absolute Gasteiger partial charge is 0.275 e. The van der Waals surface area contributed by atoms with E-state index in [4.69, 9.17) is 0 Å². The number of amides is 1. The molecule has 1 aliphatic heterocycles. The molecule has 23 heavy (non-hydrogen) atoms. The van der Waals surface area contributed by atoms with Crippen LogP contribution in [0.2, 0.25) is 0 Å². The molecule has 2 aromatic heterocycles. The molecule has 2 atom stereocenters. The van der Waals surface area contributed by atoms with Gasteiger partial charge in [-0.1, -0.05) is 0 Å². The van der Waals surface area contributed by atoms with Crippen molar-refractivity contribution in [2.45, 2.75) is 39.5 Å². The summed E-state index contributed by atoms with van der Waals surface area (Å²) in [5.41, 5.74) is 1.44. The number of rotatable bonds is 3. The molecule has 0 spiro atoms. The molecule has 0 unspecified atom stereocenters. The van der Waals surface area contributed by atoms with Crippen LogP contribution in [0.15, 0.2) is 29.5 Å². The van der Waals surface area contributed by atoms with Crippen molar-refractivity contribution < 1.29 is 9.90 Å². The summed E-state index contributed by atoms with van der Waals surface area (Å²) in [6.45, 7) is 6.14. The Hall–Kier alpha value is -2.41. The molecule has 0 radical (unpaired) electrons. The van der Waals surface area contributed by atoms with Gasteiger partial charge in [0.1, 0.15) is 11.4 Å². The highest BCUT2D eigenvalue weighted by molar-refractivity contribution is 5.93. The lowest BCUT2D eigenvalue weighted by atomic mass is 10.1. The molecule has 0 saturated heterocycles. The summed E-state index contributed by atoms with van der Waals surface area (Å²) < 4.78 is 3.17. The Kier molecular flexibility index (Phi) is 3.81. The average molecular weight is 316 g/mol. The van der Waals surface area contributed by atoms with Crippen LogP contribution in [0.25, 0.3) is 5.69 Å². The van der Waals surface area contributed by atoms with Crippen LogP contribution < -0.4 is 5.56 Å². The van der Waals surface area contributed by atoms with Crippen LogP contribution in [0.3, 0.4) is 0 Å². The van der Waals surface area contributed by atoms with Gasteiger partial charge < -0.3 is 19.1 Å². The maximum Gasteiger partial charge on any atom is 0.275 e. The molecule has 0 bridgehead atoms. The first kappa shape index (κ1) is 15.5. The fourth-order valence-electron chi connectivity index (χ4n) is 2.83. The van der Waals surface area contributed by atoms with Crippen molar-refractivity contribution in [3.63, 3.8) is 0 Å². The SMILES string of the molecule is Cc1cn(-c2ccc3n(c2=O)CCN([C@H](C)[C@H](C)O)C3=O)cn1. The Balaban J connectivity index is 2.02. The maximum atomic E-state index is 12.7. The molecule has 2 aromatic rings. The number of pyridine rings is 1. The van der Waals surface area contributed by atoms with Crippen LogP contribution in [0.5, 0.6) is 0 Å². The molecule has 1 N–H and O–H groups in total. The Morgan fingerprint density at radius 2 is 1.96 bits per heavy atom. The van der Waals surface area contributed by atoms with Gasteiger partial charge in [0.15, 0.2) is 0 Å². The van der Waals surface area contributed by atoms with Crippen LogP contribution in [0.4, 0.5) is 0 Å². The molecule has 0 aliphatic carbocycles. The van der Waals surface area contributed by atoms with E-state index >= 15 is 0 Å². The number of nitrogens with zero attached hydrogens (tertiary/aromatic N) is 4. The lowest BCUT2D eigenvalue weighted by Crippen LogP contribution is -2.51. The van der Waals surface area contributed by atoms with Crippen molar-refractivity contribution in [1.82, 2.24) is 19.0 Å². The molecule has 3 rings (SSSR count). The zero-order chi connectivity index (χ0) is 16.7. The number of hydrogen-bond acceptors (Lipinski definition) is 4. The van der Waals surface area contributed by atoms with E-state index in [1.807, 2.05) is 6.92 Å². The third-order valence-electron chi connectivity index (χ3n) is 4.38. The van der Waals surface area contributed by atoms with Crippen LogP contribution in [-0.2, 0) is 6.54 Å². The van der Waals surface area contributed by atoms with Gasteiger partial charge in [0, 0.05) is 19.3 Å². The topological polar surface area (TPSA) is 80.4 Å². The number of aliphatic hydroxyl groups excluding tert-OH is 1. The van der Waals surface area contributed by atoms with Gasteiger partial charge in [-0.2, -0.15) is 0 Å². The molecule has 1 aliphatic rings. The number of carbonyl (C=O) groups is 1. The Bertz CT molecular complexity index is 806. The molecular weight excluding hydrogens is 296 g/mol.